The molecule has 22 heavy (non-hydrogen) atoms. The van der Waals surface area contributed by atoms with Crippen LogP contribution < -0.4 is 5.32 Å². The fourth-order valence-electron chi connectivity index (χ4n) is 1.96. The molecule has 1 N–H and O–H groups in total. The van der Waals surface area contributed by atoms with Crippen LogP contribution >= 0.6 is 11.6 Å². The van der Waals surface area contributed by atoms with Crippen LogP contribution in [0.15, 0.2) is 53.4 Å². The van der Waals surface area contributed by atoms with Crippen molar-refractivity contribution >= 4 is 33.0 Å². The average Bonchev–Trinajstić information content (AvgIpc) is 2.46. The van der Waals surface area contributed by atoms with Crippen LogP contribution in [-0.2, 0) is 21.1 Å². The summed E-state index contributed by atoms with van der Waals surface area (Å²) in [5, 5.41) is 3.38. The molecule has 0 heterocycles. The van der Waals surface area contributed by atoms with E-state index in [0.29, 0.717) is 23.6 Å². The summed E-state index contributed by atoms with van der Waals surface area (Å²) in [5.74, 6) is -0.146. The van der Waals surface area contributed by atoms with Gasteiger partial charge in [0.15, 0.2) is 9.84 Å². The van der Waals surface area contributed by atoms with Crippen molar-refractivity contribution in [2.24, 2.45) is 0 Å². The number of hydrogen-bond donors (Lipinski definition) is 1. The second kappa shape index (κ2) is 6.94. The first-order chi connectivity index (χ1) is 10.4. The highest BCUT2D eigenvalue weighted by molar-refractivity contribution is 7.90. The molecule has 0 bridgehead atoms. The molecule has 0 fully saturated rings. The lowest BCUT2D eigenvalue weighted by Gasteiger charge is -2.07. The van der Waals surface area contributed by atoms with Gasteiger partial charge in [0.25, 0.3) is 0 Å². The van der Waals surface area contributed by atoms with Crippen LogP contribution in [-0.4, -0.2) is 20.6 Å². The van der Waals surface area contributed by atoms with Crippen molar-refractivity contribution in [3.05, 3.63) is 59.1 Å². The number of carbonyl (C=O) groups is 1. The summed E-state index contributed by atoms with van der Waals surface area (Å²) in [4.78, 5) is 12.1. The third kappa shape index (κ3) is 4.58. The van der Waals surface area contributed by atoms with Gasteiger partial charge in [0.2, 0.25) is 5.91 Å². The quantitative estimate of drug-likeness (QED) is 0.910. The van der Waals surface area contributed by atoms with Crippen molar-refractivity contribution in [3.8, 4) is 0 Å². The predicted octanol–water partition coefficient (Wildman–Crippen LogP) is 3.31. The number of hydrogen-bond acceptors (Lipinski definition) is 3. The maximum atomic E-state index is 11.9. The van der Waals surface area contributed by atoms with E-state index in [-0.39, 0.29) is 10.8 Å². The summed E-state index contributed by atoms with van der Waals surface area (Å²) in [6.45, 7) is 0. The largest absolute Gasteiger partial charge is 0.326 e. The summed E-state index contributed by atoms with van der Waals surface area (Å²) in [5.41, 5.74) is 1.49. The van der Waals surface area contributed by atoms with Crippen LogP contribution in [0.2, 0.25) is 5.02 Å². The predicted molar refractivity (Wildman–Crippen MR) is 88.0 cm³/mol. The Balaban J connectivity index is 1.94. The highest BCUT2D eigenvalue weighted by Crippen LogP contribution is 2.17. The topological polar surface area (TPSA) is 63.2 Å². The summed E-state index contributed by atoms with van der Waals surface area (Å²) in [6, 6.07) is 13.5. The molecule has 0 saturated carbocycles. The summed E-state index contributed by atoms with van der Waals surface area (Å²) in [7, 11) is -3.23. The molecule has 116 valence electrons. The molecule has 1 amide bonds. The van der Waals surface area contributed by atoms with Gasteiger partial charge >= 0.3 is 0 Å². The van der Waals surface area contributed by atoms with Gasteiger partial charge in [0, 0.05) is 23.4 Å². The lowest BCUT2D eigenvalue weighted by molar-refractivity contribution is -0.116. The molecule has 0 unspecified atom stereocenters. The molecule has 0 aliphatic carbocycles. The molecule has 2 aromatic rings. The zero-order chi connectivity index (χ0) is 16.2. The standard InChI is InChI=1S/C16H16ClNO3S/c1-22(20,21)14-9-7-13(8-10-14)18-16(19)11-6-12-4-2-3-5-15(12)17/h2-5,7-10H,6,11H2,1H3,(H,18,19). The summed E-state index contributed by atoms with van der Waals surface area (Å²) < 4.78 is 22.7. The first-order valence-electron chi connectivity index (χ1n) is 6.69. The van der Waals surface area contributed by atoms with E-state index in [0.717, 1.165) is 11.8 Å². The van der Waals surface area contributed by atoms with Gasteiger partial charge in [-0.15, -0.1) is 0 Å². The number of benzene rings is 2. The highest BCUT2D eigenvalue weighted by Gasteiger charge is 2.08. The van der Waals surface area contributed by atoms with Gasteiger partial charge < -0.3 is 5.32 Å². The van der Waals surface area contributed by atoms with Crippen molar-refractivity contribution in [3.63, 3.8) is 0 Å². The fourth-order valence-corrected chi connectivity index (χ4v) is 2.82. The number of amides is 1. The molecule has 0 saturated heterocycles. The summed E-state index contributed by atoms with van der Waals surface area (Å²) in [6.07, 6.45) is 1.99. The molecule has 0 atom stereocenters. The molecule has 0 radical (unpaired) electrons. The van der Waals surface area contributed by atoms with Crippen LogP contribution in [0.4, 0.5) is 5.69 Å². The molecule has 2 rings (SSSR count). The van der Waals surface area contributed by atoms with E-state index in [2.05, 4.69) is 5.32 Å². The minimum atomic E-state index is -3.23. The minimum Gasteiger partial charge on any atom is -0.326 e. The number of aryl methyl sites for hydroxylation is 1. The van der Waals surface area contributed by atoms with Gasteiger partial charge in [-0.2, -0.15) is 0 Å². The Hall–Kier alpha value is -1.85. The molecule has 0 aliphatic heterocycles. The van der Waals surface area contributed by atoms with Gasteiger partial charge in [-0.05, 0) is 42.3 Å². The van der Waals surface area contributed by atoms with Crippen LogP contribution in [0.25, 0.3) is 0 Å². The van der Waals surface area contributed by atoms with E-state index < -0.39 is 9.84 Å². The normalized spacial score (nSPS) is 11.2. The van der Waals surface area contributed by atoms with E-state index in [1.54, 1.807) is 18.2 Å². The van der Waals surface area contributed by atoms with Crippen LogP contribution in [0, 0.1) is 0 Å². The van der Waals surface area contributed by atoms with Gasteiger partial charge in [0.05, 0.1) is 4.90 Å². The van der Waals surface area contributed by atoms with Crippen molar-refractivity contribution in [1.29, 1.82) is 0 Å². The lowest BCUT2D eigenvalue weighted by atomic mass is 10.1. The number of carbonyl (C=O) groups excluding carboxylic acids is 1. The second-order valence-corrected chi connectivity index (χ2v) is 7.36. The maximum absolute atomic E-state index is 11.9. The smallest absolute Gasteiger partial charge is 0.224 e. The summed E-state index contributed by atoms with van der Waals surface area (Å²) >= 11 is 6.04. The third-order valence-electron chi connectivity index (χ3n) is 3.15. The van der Waals surface area contributed by atoms with Gasteiger partial charge in [0.1, 0.15) is 0 Å². The Morgan fingerprint density at radius 1 is 1.09 bits per heavy atom. The van der Waals surface area contributed by atoms with E-state index in [9.17, 15) is 13.2 Å². The Labute approximate surface area is 135 Å². The van der Waals surface area contributed by atoms with Gasteiger partial charge in [-0.1, -0.05) is 29.8 Å². The molecule has 0 aromatic heterocycles. The second-order valence-electron chi connectivity index (χ2n) is 4.94. The number of sulfone groups is 1. The van der Waals surface area contributed by atoms with Crippen molar-refractivity contribution in [2.75, 3.05) is 11.6 Å². The van der Waals surface area contributed by atoms with Crippen LogP contribution in [0.5, 0.6) is 0 Å². The van der Waals surface area contributed by atoms with E-state index >= 15 is 0 Å². The Morgan fingerprint density at radius 2 is 1.73 bits per heavy atom. The molecule has 2 aromatic carbocycles. The van der Waals surface area contributed by atoms with Crippen molar-refractivity contribution < 1.29 is 13.2 Å². The van der Waals surface area contributed by atoms with Crippen LogP contribution in [0.3, 0.4) is 0 Å². The zero-order valence-corrected chi connectivity index (χ0v) is 13.6. The number of rotatable bonds is 5. The molecular weight excluding hydrogens is 322 g/mol. The third-order valence-corrected chi connectivity index (χ3v) is 4.64. The fraction of sp³-hybridized carbons (Fsp3) is 0.188. The number of anilines is 1. The Morgan fingerprint density at radius 3 is 2.32 bits per heavy atom. The SMILES string of the molecule is CS(=O)(=O)c1ccc(NC(=O)CCc2ccccc2Cl)cc1. The highest BCUT2D eigenvalue weighted by atomic mass is 35.5. The molecule has 0 spiro atoms. The molecule has 4 nitrogen and oxygen atoms in total. The molecule has 0 aliphatic rings. The monoisotopic (exact) mass is 337 g/mol. The first-order valence-corrected chi connectivity index (χ1v) is 8.96. The Bertz CT molecular complexity index is 770. The van der Waals surface area contributed by atoms with E-state index in [1.807, 2.05) is 18.2 Å². The first kappa shape index (κ1) is 16.5. The lowest BCUT2D eigenvalue weighted by Crippen LogP contribution is -2.12. The number of nitrogens with one attached hydrogen (secondary N) is 1. The van der Waals surface area contributed by atoms with E-state index in [4.69, 9.17) is 11.6 Å². The molecule has 6 heteroatoms. The average molecular weight is 338 g/mol. The van der Waals surface area contributed by atoms with Crippen LogP contribution in [0.1, 0.15) is 12.0 Å². The zero-order valence-electron chi connectivity index (χ0n) is 12.0. The van der Waals surface area contributed by atoms with Gasteiger partial charge in [-0.25, -0.2) is 8.42 Å². The molecular formula is C16H16ClNO3S. The minimum absolute atomic E-state index is 0.146. The Kier molecular flexibility index (Phi) is 5.21. The number of halogens is 1. The van der Waals surface area contributed by atoms with Crippen molar-refractivity contribution in [2.45, 2.75) is 17.7 Å². The van der Waals surface area contributed by atoms with E-state index in [1.165, 1.54) is 12.1 Å². The van der Waals surface area contributed by atoms with Crippen molar-refractivity contribution in [1.82, 2.24) is 0 Å². The maximum Gasteiger partial charge on any atom is 0.224 e. The van der Waals surface area contributed by atoms with Gasteiger partial charge in [-0.3, -0.25) is 4.79 Å².